The van der Waals surface area contributed by atoms with E-state index in [-0.39, 0.29) is 119 Å². The number of ether oxygens (including phenoxy) is 7. The van der Waals surface area contributed by atoms with Crippen molar-refractivity contribution < 1.29 is 100 Å². The molecule has 1 saturated heterocycles. The molecule has 2 heterocycles. The summed E-state index contributed by atoms with van der Waals surface area (Å²) in [5.74, 6) is 1.08. The van der Waals surface area contributed by atoms with Gasteiger partial charge >= 0.3 is 35.8 Å². The Bertz CT molecular complexity index is 6680. The zero-order valence-corrected chi connectivity index (χ0v) is 92.4. The third-order valence-corrected chi connectivity index (χ3v) is 37.7. The fourth-order valence-corrected chi connectivity index (χ4v) is 30.4. The highest BCUT2D eigenvalue weighted by Gasteiger charge is 2.65. The number of esters is 6. The van der Waals surface area contributed by atoms with Gasteiger partial charge in [-0.25, -0.2) is 40.8 Å². The SMILES string of the molecule is C=C(C)C(=O)OCCS(=O)(=O)[O-].C=C(C)C(=O)OCCS(=O)(=O)[O-].C=C(C)C(=O)Oc1c(C)cc([S+](c2ccccc2)c2ccccc2)cc1C.C=C(C)C(=O)Oc1c(C)cc([S+](c2ccccc2)c2ccccc2)cc1C.CC(C)(C)c1ccc(-[s+]2ccc3ccccc32)cc1.CCC(=O)OC1C2CC3C1OS(=O)(=O)C3C2.Cc1cc([S+](c2ccccc2)c2ccccc2)cc(C)c1OCC(=O)OC1C2CC3CC(C2)CC1C3. The lowest BCUT2D eigenvalue weighted by atomic mass is 9.55. The van der Waals surface area contributed by atoms with E-state index >= 15 is 0 Å². The minimum absolute atomic E-state index is 0.0209. The molecule has 7 fully saturated rings. The van der Waals surface area contributed by atoms with E-state index in [0.717, 1.165) is 57.4 Å². The molecule has 11 aromatic carbocycles. The number of aryl methyl sites for hydroxylation is 6. The standard InChI is InChI=1S/C32H35O3S.2C24H23O2S.C18H19S.C10H14O5S.2C6H10O5S/c1-21-13-29(36(27-9-5-3-6-10-27)28-11-7-4-8-12-28)14-22(2)31(21)34-20-30(33)35-32-25-16-23-15-24(18-25)19-26(32)17-23;2*1-17(2)24(25)26-23-18(3)15-22(16-19(23)4)27(20-11-7-5-8-12-20)21-13-9-6-10-14-21;1-18(2,3)15-8-10-16(11-9-15)19-13-12-14-6-4-5-7-17(14)19;1-2-8(11)14-9-5-3-6-7(4-5)16(12,13)15-10(6)9;2*1-5(2)6(7)11-3-4-12(8,9)10/h3-14,23-26,32H,15-20H2,1-2H3;2*5-16H,1H2,2-4H3;4-13H,1-3H3;5-7,9-10H,2-4H2,1H3;2*1,3-4H2,2H3,(H,8,9,10)/q4*+1;;;/p-2. The molecular weight excluding hydrogens is 2020 g/mol. The lowest BCUT2D eigenvalue weighted by molar-refractivity contribution is -0.172. The first kappa shape index (κ1) is 115. The molecule has 1 aromatic heterocycles. The molecule has 1 aliphatic heterocycles. The minimum Gasteiger partial charge on any atom is -0.748 e. The lowest BCUT2D eigenvalue weighted by Crippen LogP contribution is -2.50. The molecule has 6 aliphatic carbocycles. The van der Waals surface area contributed by atoms with Crippen LogP contribution in [-0.4, -0.2) is 125 Å². The van der Waals surface area contributed by atoms with Crippen molar-refractivity contribution in [2.45, 2.75) is 221 Å². The van der Waals surface area contributed by atoms with Crippen molar-refractivity contribution in [2.75, 3.05) is 31.3 Å². The molecule has 12 aromatic rings. The maximum atomic E-state index is 12.8. The van der Waals surface area contributed by atoms with E-state index in [1.807, 2.05) is 52.0 Å². The molecule has 784 valence electrons. The van der Waals surface area contributed by atoms with Gasteiger partial charge in [0, 0.05) is 98.9 Å². The molecule has 6 saturated carbocycles. The van der Waals surface area contributed by atoms with Crippen LogP contribution in [0.4, 0.5) is 0 Å². The number of carbonyl (C=O) groups excluding carboxylic acids is 6. The summed E-state index contributed by atoms with van der Waals surface area (Å²) < 4.78 is 127. The first-order chi connectivity index (χ1) is 70.7. The summed E-state index contributed by atoms with van der Waals surface area (Å²) in [7, 11) is -12.5. The van der Waals surface area contributed by atoms with Gasteiger partial charge in [-0.15, -0.1) is 0 Å². The van der Waals surface area contributed by atoms with E-state index in [9.17, 15) is 63.1 Å². The van der Waals surface area contributed by atoms with Crippen LogP contribution in [0.2, 0.25) is 0 Å². The summed E-state index contributed by atoms with van der Waals surface area (Å²) in [6.45, 7) is 39.7. The predicted molar refractivity (Wildman–Crippen MR) is 587 cm³/mol. The van der Waals surface area contributed by atoms with Crippen LogP contribution >= 0.6 is 10.5 Å². The van der Waals surface area contributed by atoms with E-state index < -0.39 is 73.1 Å². The van der Waals surface area contributed by atoms with Gasteiger partial charge in [-0.05, 0) is 279 Å². The van der Waals surface area contributed by atoms with Crippen LogP contribution in [0.15, 0.2) is 371 Å². The van der Waals surface area contributed by atoms with Crippen LogP contribution in [0.3, 0.4) is 0 Å². The van der Waals surface area contributed by atoms with Crippen molar-refractivity contribution in [1.29, 1.82) is 0 Å². The average Bonchev–Trinajstić information content (AvgIpc) is 1.55. The lowest BCUT2D eigenvalue weighted by Gasteiger charge is -2.53. The van der Waals surface area contributed by atoms with Gasteiger partial charge in [-0.1, -0.05) is 187 Å². The van der Waals surface area contributed by atoms with Crippen molar-refractivity contribution in [2.24, 2.45) is 35.5 Å². The molecular formula is C120H132O22S7+2. The van der Waals surface area contributed by atoms with Gasteiger partial charge in [0.15, 0.2) is 60.3 Å². The molecule has 6 unspecified atom stereocenters. The smallest absolute Gasteiger partial charge is 0.344 e. The maximum absolute atomic E-state index is 12.8. The number of hydrogen-bond acceptors (Lipinski definition) is 22. The third-order valence-electron chi connectivity index (χ3n) is 26.0. The predicted octanol–water partition coefficient (Wildman–Crippen LogP) is 24.5. The van der Waals surface area contributed by atoms with Crippen LogP contribution in [0, 0.1) is 77.0 Å². The zero-order chi connectivity index (χ0) is 108. The highest BCUT2D eigenvalue weighted by atomic mass is 32.2. The monoisotopic (exact) mass is 2150 g/mol. The molecule has 0 radical (unpaired) electrons. The van der Waals surface area contributed by atoms with Gasteiger partial charge in [-0.2, -0.15) is 8.42 Å². The number of benzene rings is 11. The Balaban J connectivity index is 0.000000159. The average molecular weight is 2150 g/mol. The van der Waals surface area contributed by atoms with Crippen LogP contribution in [-0.2, 0) is 120 Å². The van der Waals surface area contributed by atoms with Gasteiger partial charge in [0.1, 0.15) is 54.2 Å². The van der Waals surface area contributed by atoms with Crippen molar-refractivity contribution in [3.8, 4) is 22.1 Å². The van der Waals surface area contributed by atoms with E-state index in [0.29, 0.717) is 47.3 Å². The molecule has 6 bridgehead atoms. The Morgan fingerprint density at radius 2 is 0.738 bits per heavy atom. The zero-order valence-electron chi connectivity index (χ0n) is 86.7. The Morgan fingerprint density at radius 1 is 0.409 bits per heavy atom. The highest BCUT2D eigenvalue weighted by Crippen LogP contribution is 2.57. The molecule has 149 heavy (non-hydrogen) atoms. The maximum Gasteiger partial charge on any atom is 0.344 e. The number of thiophene rings is 1. The quantitative estimate of drug-likeness (QED) is 0.00836. The third kappa shape index (κ3) is 31.9. The second-order valence-corrected chi connectivity index (χ2v) is 51.8. The van der Waals surface area contributed by atoms with Gasteiger partial charge < -0.3 is 42.3 Å². The first-order valence-corrected chi connectivity index (χ1v) is 59.0. The summed E-state index contributed by atoms with van der Waals surface area (Å²) >= 11 is 0. The normalized spacial score (nSPS) is 18.7. The topological polar surface area (TPSA) is 325 Å². The fraction of sp³-hybridized carbons (Fsp3) is 0.317. The number of fused-ring (bicyclic) bond motifs is 2. The summed E-state index contributed by atoms with van der Waals surface area (Å²) in [6.07, 6.45) is 7.46. The van der Waals surface area contributed by atoms with Crippen molar-refractivity contribution in [1.82, 2.24) is 0 Å². The van der Waals surface area contributed by atoms with E-state index in [2.05, 4.69) is 325 Å². The number of hydrogen-bond donors (Lipinski definition) is 0. The molecule has 6 atom stereocenters. The minimum atomic E-state index is -4.30. The molecule has 7 aliphatic rings. The van der Waals surface area contributed by atoms with Crippen LogP contribution in [0.25, 0.3) is 15.0 Å². The van der Waals surface area contributed by atoms with Gasteiger partial charge in [-0.3, -0.25) is 8.98 Å². The van der Waals surface area contributed by atoms with Gasteiger partial charge in [0.05, 0.1) is 69.7 Å². The number of rotatable bonds is 28. The molecule has 22 nitrogen and oxygen atoms in total. The Labute approximate surface area is 889 Å². The van der Waals surface area contributed by atoms with E-state index in [4.69, 9.17) is 27.9 Å². The van der Waals surface area contributed by atoms with Gasteiger partial charge in [0.2, 0.25) is 0 Å². The summed E-state index contributed by atoms with van der Waals surface area (Å²) in [5, 5.41) is 3.35. The Hall–Kier alpha value is -12.3. The van der Waals surface area contributed by atoms with Crippen molar-refractivity contribution in [3.05, 3.63) is 366 Å². The molecule has 0 amide bonds. The first-order valence-electron chi connectivity index (χ1n) is 49.4. The largest absolute Gasteiger partial charge is 0.748 e. The highest BCUT2D eigenvalue weighted by molar-refractivity contribution is 7.97. The molecule has 0 N–H and O–H groups in total. The summed E-state index contributed by atoms with van der Waals surface area (Å²) in [4.78, 5) is 81.9. The van der Waals surface area contributed by atoms with Crippen LogP contribution in [0.1, 0.15) is 146 Å². The second-order valence-electron chi connectivity index (χ2n) is 39.1. The van der Waals surface area contributed by atoms with E-state index in [1.165, 1.54) is 111 Å². The van der Waals surface area contributed by atoms with Crippen molar-refractivity contribution in [3.63, 3.8) is 0 Å². The van der Waals surface area contributed by atoms with Crippen LogP contribution in [0.5, 0.6) is 17.2 Å². The van der Waals surface area contributed by atoms with Crippen molar-refractivity contribution >= 4 is 119 Å². The van der Waals surface area contributed by atoms with E-state index in [1.54, 1.807) is 20.8 Å². The summed E-state index contributed by atoms with van der Waals surface area (Å²) in [6, 6.07) is 96.3. The summed E-state index contributed by atoms with van der Waals surface area (Å²) in [5.41, 5.74) is 8.64. The van der Waals surface area contributed by atoms with Gasteiger partial charge in [0.25, 0.3) is 10.1 Å². The van der Waals surface area contributed by atoms with Crippen LogP contribution < -0.4 is 14.2 Å². The number of carbonyl (C=O) groups is 6. The second kappa shape index (κ2) is 52.5. The molecule has 29 heteroatoms. The Morgan fingerprint density at radius 3 is 1.07 bits per heavy atom. The Kier molecular flexibility index (Phi) is 40.6. The fourth-order valence-electron chi connectivity index (χ4n) is 19.3. The molecule has 19 rings (SSSR count). The molecule has 0 spiro atoms.